The molecule has 0 fully saturated rings. The summed E-state index contributed by atoms with van der Waals surface area (Å²) in [5.41, 5.74) is 1.83. The minimum absolute atomic E-state index is 0.255. The topological polar surface area (TPSA) is 81.4 Å². The van der Waals surface area contributed by atoms with E-state index in [4.69, 9.17) is 9.15 Å². The Morgan fingerprint density at radius 2 is 2.00 bits per heavy atom. The normalized spacial score (nSPS) is 10.5. The molecule has 0 aliphatic carbocycles. The summed E-state index contributed by atoms with van der Waals surface area (Å²) in [5, 5.41) is 4.98. The van der Waals surface area contributed by atoms with Gasteiger partial charge in [0.05, 0.1) is 18.4 Å². The van der Waals surface area contributed by atoms with E-state index >= 15 is 0 Å². The number of methoxy groups -OCH3 is 1. The third-order valence-electron chi connectivity index (χ3n) is 3.52. The first kappa shape index (κ1) is 16.9. The predicted octanol–water partition coefficient (Wildman–Crippen LogP) is 4.06. The van der Waals surface area contributed by atoms with E-state index in [1.54, 1.807) is 23.6 Å². The minimum atomic E-state index is -0.510. The van der Waals surface area contributed by atoms with Gasteiger partial charge < -0.3 is 14.5 Å². The van der Waals surface area contributed by atoms with Crippen molar-refractivity contribution in [3.05, 3.63) is 58.3 Å². The Morgan fingerprint density at radius 1 is 1.20 bits per heavy atom. The number of nitrogens with one attached hydrogen (secondary N) is 1. The number of hydrogen-bond donors (Lipinski definition) is 1. The van der Waals surface area contributed by atoms with E-state index in [0.29, 0.717) is 22.0 Å². The zero-order chi connectivity index (χ0) is 18.0. The summed E-state index contributed by atoms with van der Waals surface area (Å²) >= 11 is 1.31. The van der Waals surface area contributed by atoms with Crippen LogP contribution in [0.25, 0.3) is 10.8 Å². The Bertz CT molecular complexity index is 942. The maximum Gasteiger partial charge on any atom is 0.339 e. The van der Waals surface area contributed by atoms with E-state index in [2.05, 4.69) is 10.3 Å². The Hall–Kier alpha value is -2.93. The molecular formula is C18H16N2O4S. The van der Waals surface area contributed by atoms with Crippen LogP contribution in [0.3, 0.4) is 0 Å². The number of rotatable bonds is 4. The molecular weight excluding hydrogens is 340 g/mol. The number of thiazole rings is 1. The molecule has 0 bridgehead atoms. The number of aromatic nitrogens is 1. The number of benzene rings is 1. The van der Waals surface area contributed by atoms with Crippen molar-refractivity contribution in [3.8, 4) is 10.8 Å². The number of amides is 1. The first-order valence-corrected chi connectivity index (χ1v) is 8.38. The van der Waals surface area contributed by atoms with E-state index in [9.17, 15) is 9.59 Å². The molecule has 0 aliphatic rings. The summed E-state index contributed by atoms with van der Waals surface area (Å²) in [6.45, 7) is 3.70. The van der Waals surface area contributed by atoms with Crippen molar-refractivity contribution in [2.24, 2.45) is 0 Å². The average Bonchev–Trinajstić information content (AvgIpc) is 3.24. The second-order valence-corrected chi connectivity index (χ2v) is 6.30. The number of hydrogen-bond acceptors (Lipinski definition) is 6. The van der Waals surface area contributed by atoms with Gasteiger partial charge in [0.25, 0.3) is 5.91 Å². The zero-order valence-corrected chi connectivity index (χ0v) is 14.8. The van der Waals surface area contributed by atoms with Crippen LogP contribution in [-0.4, -0.2) is 24.0 Å². The van der Waals surface area contributed by atoms with Crippen LogP contribution in [0.5, 0.6) is 0 Å². The van der Waals surface area contributed by atoms with Crippen LogP contribution in [-0.2, 0) is 4.74 Å². The molecule has 3 rings (SSSR count). The van der Waals surface area contributed by atoms with E-state index in [-0.39, 0.29) is 5.69 Å². The second kappa shape index (κ2) is 6.90. The standard InChI is InChI=1S/C18H16N2O4S/c1-10-4-6-13(12(8-10)18(22)23-3)19-16(21)14-9-25-17(20-14)15-7-5-11(2)24-15/h4-9H,1-3H3,(H,19,21). The third-order valence-corrected chi connectivity index (χ3v) is 4.37. The van der Waals surface area contributed by atoms with Gasteiger partial charge in [-0.05, 0) is 38.1 Å². The molecule has 25 heavy (non-hydrogen) atoms. The monoisotopic (exact) mass is 356 g/mol. The lowest BCUT2D eigenvalue weighted by atomic mass is 10.1. The van der Waals surface area contributed by atoms with Gasteiger partial charge in [-0.1, -0.05) is 11.6 Å². The van der Waals surface area contributed by atoms with Gasteiger partial charge in [0, 0.05) is 5.38 Å². The third kappa shape index (κ3) is 3.61. The van der Waals surface area contributed by atoms with E-state index < -0.39 is 11.9 Å². The van der Waals surface area contributed by atoms with Gasteiger partial charge in [-0.2, -0.15) is 0 Å². The number of esters is 1. The van der Waals surface area contributed by atoms with Crippen LogP contribution in [0.1, 0.15) is 32.2 Å². The highest BCUT2D eigenvalue weighted by Crippen LogP contribution is 2.26. The lowest BCUT2D eigenvalue weighted by Gasteiger charge is -2.09. The Morgan fingerprint density at radius 3 is 2.68 bits per heavy atom. The van der Waals surface area contributed by atoms with Crippen LogP contribution < -0.4 is 5.32 Å². The van der Waals surface area contributed by atoms with Gasteiger partial charge in [0.15, 0.2) is 10.8 Å². The maximum atomic E-state index is 12.5. The van der Waals surface area contributed by atoms with Gasteiger partial charge in [-0.3, -0.25) is 4.79 Å². The maximum absolute atomic E-state index is 12.5. The van der Waals surface area contributed by atoms with Gasteiger partial charge in [-0.15, -0.1) is 11.3 Å². The van der Waals surface area contributed by atoms with Crippen molar-refractivity contribution in [3.63, 3.8) is 0 Å². The molecule has 0 saturated heterocycles. The molecule has 0 unspecified atom stereocenters. The van der Waals surface area contributed by atoms with Crippen molar-refractivity contribution < 1.29 is 18.7 Å². The van der Waals surface area contributed by atoms with E-state index in [1.165, 1.54) is 18.4 Å². The molecule has 0 aliphatic heterocycles. The molecule has 7 heteroatoms. The molecule has 0 saturated carbocycles. The number of aryl methyl sites for hydroxylation is 2. The van der Waals surface area contributed by atoms with E-state index in [1.807, 2.05) is 26.0 Å². The molecule has 2 heterocycles. The van der Waals surface area contributed by atoms with Crippen molar-refractivity contribution in [2.45, 2.75) is 13.8 Å². The summed E-state index contributed by atoms with van der Waals surface area (Å²) in [6, 6.07) is 8.79. The van der Waals surface area contributed by atoms with Gasteiger partial charge in [0.1, 0.15) is 11.5 Å². The molecule has 0 spiro atoms. The van der Waals surface area contributed by atoms with Crippen LogP contribution in [0, 0.1) is 13.8 Å². The van der Waals surface area contributed by atoms with Crippen molar-refractivity contribution in [2.75, 3.05) is 12.4 Å². The van der Waals surface area contributed by atoms with Crippen molar-refractivity contribution in [1.82, 2.24) is 4.98 Å². The molecule has 128 valence electrons. The predicted molar refractivity (Wildman–Crippen MR) is 95.0 cm³/mol. The van der Waals surface area contributed by atoms with Crippen molar-refractivity contribution >= 4 is 28.9 Å². The number of carbonyl (C=O) groups is 2. The summed E-state index contributed by atoms with van der Waals surface area (Å²) in [7, 11) is 1.30. The highest BCUT2D eigenvalue weighted by molar-refractivity contribution is 7.13. The molecule has 2 aromatic heterocycles. The fourth-order valence-electron chi connectivity index (χ4n) is 2.27. The van der Waals surface area contributed by atoms with Crippen molar-refractivity contribution in [1.29, 1.82) is 0 Å². The van der Waals surface area contributed by atoms with Gasteiger partial charge in [0.2, 0.25) is 0 Å². The largest absolute Gasteiger partial charge is 0.465 e. The Balaban J connectivity index is 1.84. The highest BCUT2D eigenvalue weighted by atomic mass is 32.1. The lowest BCUT2D eigenvalue weighted by Crippen LogP contribution is -2.16. The minimum Gasteiger partial charge on any atom is -0.465 e. The fraction of sp³-hybridized carbons (Fsp3) is 0.167. The molecule has 0 atom stereocenters. The Labute approximate surface area is 148 Å². The van der Waals surface area contributed by atoms with Crippen LogP contribution in [0.15, 0.2) is 40.1 Å². The molecule has 3 aromatic rings. The van der Waals surface area contributed by atoms with Crippen LogP contribution >= 0.6 is 11.3 Å². The Kier molecular flexibility index (Phi) is 4.67. The molecule has 0 radical (unpaired) electrons. The smallest absolute Gasteiger partial charge is 0.339 e. The number of carbonyl (C=O) groups excluding carboxylic acids is 2. The number of ether oxygens (including phenoxy) is 1. The van der Waals surface area contributed by atoms with E-state index in [0.717, 1.165) is 11.3 Å². The van der Waals surface area contributed by atoms with Crippen LogP contribution in [0.2, 0.25) is 0 Å². The molecule has 6 nitrogen and oxygen atoms in total. The fourth-order valence-corrected chi connectivity index (χ4v) is 3.03. The lowest BCUT2D eigenvalue weighted by molar-refractivity contribution is 0.0602. The second-order valence-electron chi connectivity index (χ2n) is 5.44. The van der Waals surface area contributed by atoms with Gasteiger partial charge >= 0.3 is 5.97 Å². The van der Waals surface area contributed by atoms with Gasteiger partial charge in [-0.25, -0.2) is 9.78 Å². The first-order chi connectivity index (χ1) is 12.0. The number of anilines is 1. The average molecular weight is 356 g/mol. The molecule has 1 N–H and O–H groups in total. The zero-order valence-electron chi connectivity index (χ0n) is 14.0. The summed E-state index contributed by atoms with van der Waals surface area (Å²) < 4.78 is 10.3. The first-order valence-electron chi connectivity index (χ1n) is 7.50. The summed E-state index contributed by atoms with van der Waals surface area (Å²) in [5.74, 6) is 0.481. The highest BCUT2D eigenvalue weighted by Gasteiger charge is 2.18. The van der Waals surface area contributed by atoms with Crippen LogP contribution in [0.4, 0.5) is 5.69 Å². The number of furan rings is 1. The quantitative estimate of drug-likeness (QED) is 0.713. The number of nitrogens with zero attached hydrogens (tertiary/aromatic N) is 1. The molecule has 1 aromatic carbocycles. The SMILES string of the molecule is COC(=O)c1cc(C)ccc1NC(=O)c1csc(-c2ccc(C)o2)n1. The molecule has 1 amide bonds. The summed E-state index contributed by atoms with van der Waals surface area (Å²) in [4.78, 5) is 28.7. The summed E-state index contributed by atoms with van der Waals surface area (Å²) in [6.07, 6.45) is 0.